The summed E-state index contributed by atoms with van der Waals surface area (Å²) in [7, 11) is 0. The van der Waals surface area contributed by atoms with E-state index >= 15 is 0 Å². The van der Waals surface area contributed by atoms with Crippen molar-refractivity contribution < 1.29 is 19.8 Å². The number of carbonyl (C=O) groups is 2. The van der Waals surface area contributed by atoms with Crippen LogP contribution in [0.2, 0.25) is 0 Å². The van der Waals surface area contributed by atoms with Gasteiger partial charge in [0.25, 0.3) is 0 Å². The minimum Gasteiger partial charge on any atom is -0.478 e. The summed E-state index contributed by atoms with van der Waals surface area (Å²) < 4.78 is 0. The fraction of sp³-hybridized carbons (Fsp3) is 0. The molecule has 5 heteroatoms. The molecule has 1 aromatic heterocycles. The molecule has 1 heterocycles. The number of hydrogen-bond donors (Lipinski definition) is 2. The van der Waals surface area contributed by atoms with Crippen molar-refractivity contribution in [3.8, 4) is 0 Å². The van der Waals surface area contributed by atoms with Crippen molar-refractivity contribution >= 4 is 11.9 Å². The Bertz CT molecular complexity index is 301. The molecule has 0 unspecified atom stereocenters. The van der Waals surface area contributed by atoms with Crippen LogP contribution in [0.4, 0.5) is 0 Å². The van der Waals surface area contributed by atoms with Crippen molar-refractivity contribution in [3.05, 3.63) is 29.6 Å². The van der Waals surface area contributed by atoms with Gasteiger partial charge in [0.15, 0.2) is 5.69 Å². The molecule has 0 aliphatic carbocycles. The number of carboxylic acids is 2. The molecule has 0 aliphatic heterocycles. The lowest BCUT2D eigenvalue weighted by atomic mass is 10.3. The summed E-state index contributed by atoms with van der Waals surface area (Å²) in [6, 6.07) is 2.56. The van der Waals surface area contributed by atoms with Crippen LogP contribution in [0.3, 0.4) is 0 Å². The van der Waals surface area contributed by atoms with Crippen LogP contribution in [0.25, 0.3) is 0 Å². The first-order chi connectivity index (χ1) is 5.63. The molecule has 0 amide bonds. The maximum atomic E-state index is 10.4. The predicted octanol–water partition coefficient (Wildman–Crippen LogP) is 0.478. The van der Waals surface area contributed by atoms with Crippen molar-refractivity contribution in [1.29, 1.82) is 0 Å². The second kappa shape index (κ2) is 3.00. The third-order valence-electron chi connectivity index (χ3n) is 1.24. The Morgan fingerprint density at radius 3 is 2.33 bits per heavy atom. The molecule has 12 heavy (non-hydrogen) atoms. The van der Waals surface area contributed by atoms with Gasteiger partial charge in [0.05, 0.1) is 5.56 Å². The fourth-order valence-corrected chi connectivity index (χ4v) is 0.748. The number of aromatic carboxylic acids is 2. The topological polar surface area (TPSA) is 87.5 Å². The first kappa shape index (κ1) is 8.19. The number of carboxylic acid groups (broad SMARTS) is 2. The summed E-state index contributed by atoms with van der Waals surface area (Å²) >= 11 is 0. The molecule has 62 valence electrons. The van der Waals surface area contributed by atoms with Crippen LogP contribution in [-0.2, 0) is 0 Å². The molecular weight excluding hydrogens is 166 g/mol. The zero-order chi connectivity index (χ0) is 9.14. The third kappa shape index (κ3) is 1.39. The average Bonchev–Trinajstić information content (AvgIpc) is 2.04. The Morgan fingerprint density at radius 2 is 1.92 bits per heavy atom. The minimum absolute atomic E-state index is 0.301. The summed E-state index contributed by atoms with van der Waals surface area (Å²) in [4.78, 5) is 24.2. The molecule has 0 atom stereocenters. The molecule has 0 aliphatic rings. The Hall–Kier alpha value is -1.91. The molecule has 1 aromatic rings. The molecular formula is C7H5NO4. The maximum Gasteiger partial charge on any atom is 0.355 e. The summed E-state index contributed by atoms with van der Waals surface area (Å²) in [5.41, 5.74) is -0.741. The normalized spacial score (nSPS) is 9.33. The predicted molar refractivity (Wildman–Crippen MR) is 38.2 cm³/mol. The SMILES string of the molecule is O=C(O)c1[13cH][13cH][13cH][15n]c1C(=O)O. The van der Waals surface area contributed by atoms with E-state index in [1.165, 1.54) is 18.3 Å². The molecule has 5 nitrogen and oxygen atoms in total. The van der Waals surface area contributed by atoms with Gasteiger partial charge in [0.2, 0.25) is 0 Å². The van der Waals surface area contributed by atoms with Gasteiger partial charge in [-0.15, -0.1) is 0 Å². The van der Waals surface area contributed by atoms with E-state index < -0.39 is 17.6 Å². The van der Waals surface area contributed by atoms with E-state index in [1.54, 1.807) is 0 Å². The summed E-state index contributed by atoms with van der Waals surface area (Å²) in [6.07, 6.45) is 1.23. The number of hydrogen-bond acceptors (Lipinski definition) is 3. The standard InChI is InChI=1S/C7H5NO4/c9-6(10)4-2-1-3-8-5(4)7(11)12/h1-3H,(H,9,10)(H,11,12)/i1+1,2+1,3+1,8+1. The van der Waals surface area contributed by atoms with E-state index in [0.717, 1.165) is 0 Å². The quantitative estimate of drug-likeness (QED) is 0.675. The van der Waals surface area contributed by atoms with Gasteiger partial charge >= 0.3 is 11.9 Å². The van der Waals surface area contributed by atoms with Crippen molar-refractivity contribution in [2.75, 3.05) is 0 Å². The molecule has 0 fully saturated rings. The average molecular weight is 171 g/mol. The number of nitrogens with zero attached hydrogens (tertiary/aromatic N) is 1. The van der Waals surface area contributed by atoms with E-state index in [1.807, 2.05) is 0 Å². The first-order valence-electron chi connectivity index (χ1n) is 3.04. The maximum absolute atomic E-state index is 10.4. The van der Waals surface area contributed by atoms with Crippen molar-refractivity contribution in [2.45, 2.75) is 0 Å². The van der Waals surface area contributed by atoms with Gasteiger partial charge in [-0.3, -0.25) is 0 Å². The van der Waals surface area contributed by atoms with Crippen LogP contribution >= 0.6 is 0 Å². The highest BCUT2D eigenvalue weighted by atomic mass is 16.4. The zero-order valence-corrected chi connectivity index (χ0v) is 5.89. The second-order valence-electron chi connectivity index (χ2n) is 2.01. The molecule has 1 rings (SSSR count). The van der Waals surface area contributed by atoms with Gasteiger partial charge in [0.1, 0.15) is 0 Å². The minimum atomic E-state index is -1.34. The van der Waals surface area contributed by atoms with Gasteiger partial charge in [-0.05, 0) is 12.1 Å². The van der Waals surface area contributed by atoms with Crippen LogP contribution in [0, 0.1) is 0 Å². The molecule has 2 N–H and O–H groups in total. The van der Waals surface area contributed by atoms with E-state index in [0.29, 0.717) is 0 Å². The van der Waals surface area contributed by atoms with Gasteiger partial charge < -0.3 is 10.2 Å². The molecule has 0 aromatic carbocycles. The summed E-state index contributed by atoms with van der Waals surface area (Å²) in [5.74, 6) is -2.63. The lowest BCUT2D eigenvalue weighted by Gasteiger charge is -1.97. The van der Waals surface area contributed by atoms with Crippen LogP contribution in [0.15, 0.2) is 18.3 Å². The number of rotatable bonds is 2. The third-order valence-corrected chi connectivity index (χ3v) is 1.24. The second-order valence-corrected chi connectivity index (χ2v) is 2.01. The zero-order valence-electron chi connectivity index (χ0n) is 5.89. The fourth-order valence-electron chi connectivity index (χ4n) is 0.748. The Balaban J connectivity index is 3.27. The molecule has 0 spiro atoms. The Kier molecular flexibility index (Phi) is 2.05. The Morgan fingerprint density at radius 1 is 1.25 bits per heavy atom. The highest BCUT2D eigenvalue weighted by molar-refractivity contribution is 5.99. The summed E-state index contributed by atoms with van der Waals surface area (Å²) in [5, 5.41) is 17.0. The van der Waals surface area contributed by atoms with E-state index in [4.69, 9.17) is 10.2 Å². The highest BCUT2D eigenvalue weighted by Crippen LogP contribution is 2.04. The highest BCUT2D eigenvalue weighted by Gasteiger charge is 2.15. The number of aromatic nitrogens is 1. The molecule has 0 bridgehead atoms. The lowest BCUT2D eigenvalue weighted by molar-refractivity contribution is 0.0646. The lowest BCUT2D eigenvalue weighted by Crippen LogP contribution is -2.09. The first-order valence-corrected chi connectivity index (χ1v) is 3.04. The molecule has 0 saturated carbocycles. The van der Waals surface area contributed by atoms with Gasteiger partial charge in [-0.2, -0.15) is 0 Å². The van der Waals surface area contributed by atoms with Crippen LogP contribution < -0.4 is 0 Å². The monoisotopic (exact) mass is 171 g/mol. The van der Waals surface area contributed by atoms with E-state index in [9.17, 15) is 9.59 Å². The van der Waals surface area contributed by atoms with Crippen LogP contribution in [-0.4, -0.2) is 27.1 Å². The van der Waals surface area contributed by atoms with E-state index in [-0.39, 0.29) is 5.56 Å². The van der Waals surface area contributed by atoms with Crippen molar-refractivity contribution in [1.82, 2.24) is 4.98 Å². The van der Waals surface area contributed by atoms with Gasteiger partial charge in [-0.1, -0.05) is 0 Å². The van der Waals surface area contributed by atoms with Crippen LogP contribution in [0.5, 0.6) is 0 Å². The van der Waals surface area contributed by atoms with Gasteiger partial charge in [0, 0.05) is 6.20 Å². The molecule has 0 radical (unpaired) electrons. The Labute approximate surface area is 67.3 Å². The smallest absolute Gasteiger partial charge is 0.355 e. The van der Waals surface area contributed by atoms with E-state index in [2.05, 4.69) is 4.98 Å². The largest absolute Gasteiger partial charge is 0.478 e. The number of pyridine rings is 1. The van der Waals surface area contributed by atoms with Crippen molar-refractivity contribution in [3.63, 3.8) is 0 Å². The van der Waals surface area contributed by atoms with Crippen LogP contribution in [0.1, 0.15) is 20.8 Å². The molecule has 0 saturated heterocycles. The summed E-state index contributed by atoms with van der Waals surface area (Å²) in [6.45, 7) is 0. The van der Waals surface area contributed by atoms with Gasteiger partial charge in [-0.25, -0.2) is 14.6 Å². The van der Waals surface area contributed by atoms with Crippen molar-refractivity contribution in [2.24, 2.45) is 0 Å².